The van der Waals surface area contributed by atoms with Gasteiger partial charge in [0.2, 0.25) is 0 Å². The zero-order valence-corrected chi connectivity index (χ0v) is 15.8. The van der Waals surface area contributed by atoms with Gasteiger partial charge in [-0.3, -0.25) is 4.79 Å². The topological polar surface area (TPSA) is 74.2 Å². The Morgan fingerprint density at radius 2 is 2.16 bits per heavy atom. The van der Waals surface area contributed by atoms with Crippen LogP contribution in [0, 0.1) is 0 Å². The van der Waals surface area contributed by atoms with Gasteiger partial charge in [0.05, 0.1) is 16.8 Å². The Balaban J connectivity index is 1.81. The summed E-state index contributed by atoms with van der Waals surface area (Å²) in [6.45, 7) is 2.93. The molecule has 1 aromatic heterocycles. The van der Waals surface area contributed by atoms with Gasteiger partial charge in [0, 0.05) is 12.3 Å². The molecule has 5 nitrogen and oxygen atoms in total. The minimum absolute atomic E-state index is 0.160. The number of anilines is 1. The normalized spacial score (nSPS) is 11.3. The van der Waals surface area contributed by atoms with Gasteiger partial charge in [0.25, 0.3) is 0 Å². The third kappa shape index (κ3) is 7.62. The molecule has 0 spiro atoms. The van der Waals surface area contributed by atoms with E-state index in [9.17, 15) is 4.79 Å². The van der Waals surface area contributed by atoms with Crippen LogP contribution in [-0.4, -0.2) is 28.4 Å². The van der Waals surface area contributed by atoms with Crippen molar-refractivity contribution in [2.45, 2.75) is 30.4 Å². The van der Waals surface area contributed by atoms with Gasteiger partial charge in [-0.15, -0.1) is 11.8 Å². The predicted molar refractivity (Wildman–Crippen MR) is 105 cm³/mol. The number of carboxylic acid groups (broad SMARTS) is 1. The summed E-state index contributed by atoms with van der Waals surface area (Å²) in [5.74, 6) is 0.741. The number of allylic oxidation sites excluding steroid dienone is 1. The molecule has 3 N–H and O–H groups in total. The molecule has 0 aliphatic heterocycles. The van der Waals surface area contributed by atoms with Gasteiger partial charge in [-0.25, -0.2) is 4.98 Å². The second kappa shape index (κ2) is 10.8. The highest BCUT2D eigenvalue weighted by molar-refractivity contribution is 8.01. The Bertz CT molecular complexity index is 687. The summed E-state index contributed by atoms with van der Waals surface area (Å²) in [5, 5.41) is 16.2. The molecule has 0 unspecified atom stereocenters. The van der Waals surface area contributed by atoms with Gasteiger partial charge in [-0.1, -0.05) is 48.6 Å². The van der Waals surface area contributed by atoms with Crippen LogP contribution in [0.4, 0.5) is 5.13 Å². The zero-order valence-electron chi connectivity index (χ0n) is 14.2. The standard InChI is InChI=1S/C18H23N3O2S2/c1-2-6-15(19-11-9-14-7-4-3-5-8-14)21-18-20-13-17(25-18)24-12-10-16(22)23/h3-8,13,19H,2,9-12H2,1H3,(H,20,21)(H,22,23)/b15-6+. The molecule has 2 aromatic rings. The summed E-state index contributed by atoms with van der Waals surface area (Å²) >= 11 is 3.06. The molecule has 0 bridgehead atoms. The number of carboxylic acids is 1. The molecule has 25 heavy (non-hydrogen) atoms. The van der Waals surface area contributed by atoms with Crippen LogP contribution in [0.1, 0.15) is 25.3 Å². The predicted octanol–water partition coefficient (Wildman–Crippen LogP) is 4.21. The number of thiazole rings is 1. The van der Waals surface area contributed by atoms with Crippen LogP contribution in [0.5, 0.6) is 0 Å². The summed E-state index contributed by atoms with van der Waals surface area (Å²) in [6.07, 6.45) is 5.92. The average Bonchev–Trinajstić information content (AvgIpc) is 3.03. The van der Waals surface area contributed by atoms with E-state index < -0.39 is 5.97 Å². The fraction of sp³-hybridized carbons (Fsp3) is 0.333. The second-order valence-corrected chi connectivity index (χ2v) is 7.72. The number of benzene rings is 1. The smallest absolute Gasteiger partial charge is 0.304 e. The minimum atomic E-state index is -0.772. The molecule has 1 heterocycles. The highest BCUT2D eigenvalue weighted by atomic mass is 32.2. The van der Waals surface area contributed by atoms with Crippen molar-refractivity contribution in [1.29, 1.82) is 0 Å². The molecule has 0 saturated heterocycles. The monoisotopic (exact) mass is 377 g/mol. The maximum Gasteiger partial charge on any atom is 0.304 e. The average molecular weight is 378 g/mol. The fourth-order valence-electron chi connectivity index (χ4n) is 2.10. The SMILES string of the molecule is CC/C=C(\NCCc1ccccc1)Nc1ncc(SCCC(=O)O)s1. The first-order valence-corrected chi connectivity index (χ1v) is 10.0. The molecule has 134 valence electrons. The second-order valence-electron chi connectivity index (χ2n) is 5.29. The lowest BCUT2D eigenvalue weighted by molar-refractivity contribution is -0.136. The molecule has 0 amide bonds. The summed E-state index contributed by atoms with van der Waals surface area (Å²) in [4.78, 5) is 14.9. The number of nitrogens with zero attached hydrogens (tertiary/aromatic N) is 1. The van der Waals surface area contributed by atoms with Crippen molar-refractivity contribution in [2.24, 2.45) is 0 Å². The van der Waals surface area contributed by atoms with E-state index in [-0.39, 0.29) is 6.42 Å². The van der Waals surface area contributed by atoms with Gasteiger partial charge >= 0.3 is 5.97 Å². The molecule has 7 heteroatoms. The van der Waals surface area contributed by atoms with Crippen molar-refractivity contribution in [3.63, 3.8) is 0 Å². The summed E-state index contributed by atoms with van der Waals surface area (Å²) in [5.41, 5.74) is 1.30. The summed E-state index contributed by atoms with van der Waals surface area (Å²) < 4.78 is 1.02. The molecule has 0 aliphatic rings. The van der Waals surface area contributed by atoms with Crippen molar-refractivity contribution in [2.75, 3.05) is 17.6 Å². The molecule has 2 rings (SSSR count). The Labute approximate surface area is 156 Å². The van der Waals surface area contributed by atoms with Gasteiger partial charge in [0.15, 0.2) is 5.13 Å². The highest BCUT2D eigenvalue weighted by Crippen LogP contribution is 2.29. The first-order chi connectivity index (χ1) is 12.2. The van der Waals surface area contributed by atoms with E-state index in [1.54, 1.807) is 6.20 Å². The van der Waals surface area contributed by atoms with Crippen molar-refractivity contribution in [3.05, 3.63) is 54.0 Å². The van der Waals surface area contributed by atoms with Gasteiger partial charge in [-0.2, -0.15) is 0 Å². The summed E-state index contributed by atoms with van der Waals surface area (Å²) in [7, 11) is 0. The van der Waals surface area contributed by atoms with Crippen LogP contribution in [0.2, 0.25) is 0 Å². The first kappa shape index (κ1) is 19.3. The number of rotatable bonds is 11. The number of thioether (sulfide) groups is 1. The van der Waals surface area contributed by atoms with Crippen LogP contribution >= 0.6 is 23.1 Å². The largest absolute Gasteiger partial charge is 0.481 e. The molecular formula is C18H23N3O2S2. The molecule has 0 saturated carbocycles. The zero-order chi connectivity index (χ0) is 17.9. The van der Waals surface area contributed by atoms with E-state index in [4.69, 9.17) is 5.11 Å². The Morgan fingerprint density at radius 1 is 1.36 bits per heavy atom. The van der Waals surface area contributed by atoms with E-state index in [1.807, 2.05) is 6.07 Å². The third-order valence-corrected chi connectivity index (χ3v) is 5.38. The Morgan fingerprint density at radius 3 is 2.88 bits per heavy atom. The molecule has 0 atom stereocenters. The number of aromatic nitrogens is 1. The highest BCUT2D eigenvalue weighted by Gasteiger charge is 2.06. The third-order valence-electron chi connectivity index (χ3n) is 3.27. The molecular weight excluding hydrogens is 354 g/mol. The Kier molecular flexibility index (Phi) is 8.34. The van der Waals surface area contributed by atoms with Gasteiger partial charge < -0.3 is 15.7 Å². The van der Waals surface area contributed by atoms with E-state index in [0.717, 1.165) is 34.5 Å². The van der Waals surface area contributed by atoms with Crippen LogP contribution in [-0.2, 0) is 11.2 Å². The van der Waals surface area contributed by atoms with E-state index in [2.05, 4.69) is 52.9 Å². The number of aliphatic carboxylic acids is 1. The maximum absolute atomic E-state index is 10.6. The number of nitrogens with one attached hydrogen (secondary N) is 2. The maximum atomic E-state index is 10.6. The van der Waals surface area contributed by atoms with E-state index >= 15 is 0 Å². The van der Waals surface area contributed by atoms with Gasteiger partial charge in [-0.05, 0) is 24.5 Å². The Hall–Kier alpha value is -1.99. The number of hydrogen-bond acceptors (Lipinski definition) is 6. The van der Waals surface area contributed by atoms with Crippen molar-refractivity contribution in [1.82, 2.24) is 10.3 Å². The molecule has 0 fully saturated rings. The lowest BCUT2D eigenvalue weighted by Gasteiger charge is -2.11. The van der Waals surface area contributed by atoms with Crippen molar-refractivity contribution < 1.29 is 9.90 Å². The molecule has 0 aliphatic carbocycles. The first-order valence-electron chi connectivity index (χ1n) is 8.22. The van der Waals surface area contributed by atoms with Crippen LogP contribution in [0.15, 0.2) is 52.6 Å². The van der Waals surface area contributed by atoms with Crippen LogP contribution in [0.25, 0.3) is 0 Å². The van der Waals surface area contributed by atoms with Crippen molar-refractivity contribution in [3.8, 4) is 0 Å². The molecule has 1 aromatic carbocycles. The van der Waals surface area contributed by atoms with Gasteiger partial charge in [0.1, 0.15) is 5.82 Å². The van der Waals surface area contributed by atoms with E-state index in [1.165, 1.54) is 28.7 Å². The number of carbonyl (C=O) groups is 1. The lowest BCUT2D eigenvalue weighted by atomic mass is 10.1. The van der Waals surface area contributed by atoms with Crippen LogP contribution in [0.3, 0.4) is 0 Å². The molecule has 0 radical (unpaired) electrons. The fourth-order valence-corrected chi connectivity index (χ4v) is 3.99. The number of hydrogen-bond donors (Lipinski definition) is 3. The minimum Gasteiger partial charge on any atom is -0.481 e. The van der Waals surface area contributed by atoms with Crippen molar-refractivity contribution >= 4 is 34.2 Å². The lowest BCUT2D eigenvalue weighted by Crippen LogP contribution is -2.22. The summed E-state index contributed by atoms with van der Waals surface area (Å²) in [6, 6.07) is 10.4. The van der Waals surface area contributed by atoms with E-state index in [0.29, 0.717) is 5.75 Å². The van der Waals surface area contributed by atoms with Crippen LogP contribution < -0.4 is 10.6 Å². The quantitative estimate of drug-likeness (QED) is 0.510.